The Morgan fingerprint density at radius 2 is 1.87 bits per heavy atom. The van der Waals surface area contributed by atoms with Crippen LogP contribution in [0, 0.1) is 0 Å². The van der Waals surface area contributed by atoms with E-state index in [-0.39, 0.29) is 35.1 Å². The molecule has 23 heavy (non-hydrogen) atoms. The van der Waals surface area contributed by atoms with Crippen molar-refractivity contribution >= 4 is 74.7 Å². The Kier molecular flexibility index (Phi) is 13.5. The van der Waals surface area contributed by atoms with Crippen LogP contribution in [0.25, 0.3) is 0 Å². The number of rotatable bonds is 11. The molecule has 0 saturated heterocycles. The molecule has 7 nitrogen and oxygen atoms in total. The normalized spacial score (nSPS) is 17.8. The molecule has 1 rings (SSSR count). The van der Waals surface area contributed by atoms with E-state index in [4.69, 9.17) is 25.5 Å². The van der Waals surface area contributed by atoms with Gasteiger partial charge < -0.3 is 18.6 Å². The molecule has 1 radical (unpaired) electrons. The Morgan fingerprint density at radius 3 is 2.35 bits per heavy atom. The fourth-order valence-electron chi connectivity index (χ4n) is 2.06. The molecule has 1 heterocycles. The van der Waals surface area contributed by atoms with E-state index in [0.717, 1.165) is 12.5 Å². The van der Waals surface area contributed by atoms with E-state index in [1.54, 1.807) is 11.3 Å². The van der Waals surface area contributed by atoms with Gasteiger partial charge in [-0.2, -0.15) is 0 Å². The molecule has 1 aliphatic rings. The maximum atomic E-state index is 5.82. The average Bonchev–Trinajstić information content (AvgIpc) is 2.47. The fraction of sp³-hybridized carbons (Fsp3) is 0.833. The number of hydrazine groups is 1. The molecule has 11 heteroatoms. The van der Waals surface area contributed by atoms with E-state index in [0.29, 0.717) is 31.5 Å². The molecule has 0 aromatic carbocycles. The van der Waals surface area contributed by atoms with Crippen molar-refractivity contribution in [2.75, 3.05) is 26.4 Å². The first-order valence-electron chi connectivity index (χ1n) is 7.53. The second-order valence-corrected chi connectivity index (χ2v) is 8.02. The Labute approximate surface area is 172 Å². The van der Waals surface area contributed by atoms with E-state index in [2.05, 4.69) is 28.4 Å². The number of aliphatic imine (C=N–C) groups is 1. The maximum Gasteiger partial charge on any atom is 0.500 e. The molecule has 129 valence electrons. The van der Waals surface area contributed by atoms with E-state index in [9.17, 15) is 0 Å². The van der Waals surface area contributed by atoms with Crippen LogP contribution in [0.15, 0.2) is 4.99 Å². The molecule has 0 aliphatic carbocycles. The molecular weight excluding hydrogens is 363 g/mol. The van der Waals surface area contributed by atoms with E-state index in [1.165, 1.54) is 0 Å². The fourth-order valence-corrected chi connectivity index (χ4v) is 5.23. The first-order valence-corrected chi connectivity index (χ1v) is 10.4. The van der Waals surface area contributed by atoms with Gasteiger partial charge in [0.05, 0.1) is 6.34 Å². The van der Waals surface area contributed by atoms with Gasteiger partial charge in [-0.25, -0.2) is 10.4 Å². The quantitative estimate of drug-likeness (QED) is 0.211. The van der Waals surface area contributed by atoms with Crippen LogP contribution >= 0.6 is 24.8 Å². The van der Waals surface area contributed by atoms with Gasteiger partial charge in [-0.3, -0.25) is 5.01 Å². The molecule has 0 amide bonds. The summed E-state index contributed by atoms with van der Waals surface area (Å²) in [5.41, 5.74) is 2.90. The molecule has 1 aliphatic heterocycles. The number of hydrogen-bond donors (Lipinski definition) is 3. The maximum absolute atomic E-state index is 5.82. The molecule has 0 bridgehead atoms. The van der Waals surface area contributed by atoms with Crippen LogP contribution in [0.2, 0.25) is 6.04 Å². The second kappa shape index (κ2) is 13.0. The van der Waals surface area contributed by atoms with Crippen LogP contribution in [0.4, 0.5) is 0 Å². The van der Waals surface area contributed by atoms with Crippen LogP contribution in [0.3, 0.4) is 0 Å². The van der Waals surface area contributed by atoms with Gasteiger partial charge in [0.2, 0.25) is 0 Å². The van der Waals surface area contributed by atoms with E-state index in [1.807, 2.05) is 20.8 Å². The van der Waals surface area contributed by atoms with Gasteiger partial charge in [0.1, 0.15) is 0 Å². The molecular formula is C12H26N4NaO3S2Si. The van der Waals surface area contributed by atoms with Crippen molar-refractivity contribution in [2.45, 2.75) is 38.7 Å². The summed E-state index contributed by atoms with van der Waals surface area (Å²) >= 11 is 9.55. The summed E-state index contributed by atoms with van der Waals surface area (Å²) < 4.78 is 17.5. The molecule has 2 N–H and O–H groups in total. The summed E-state index contributed by atoms with van der Waals surface area (Å²) in [6.45, 7) is 8.35. The van der Waals surface area contributed by atoms with Gasteiger partial charge in [-0.15, -0.1) is 12.6 Å². The summed E-state index contributed by atoms with van der Waals surface area (Å²) in [4.78, 5) is 4.12. The third-order valence-corrected chi connectivity index (χ3v) is 6.71. The largest absolute Gasteiger partial charge is 0.500 e. The predicted molar refractivity (Wildman–Crippen MR) is 103 cm³/mol. The molecule has 0 saturated carbocycles. The predicted octanol–water partition coefficient (Wildman–Crippen LogP) is 0.981. The van der Waals surface area contributed by atoms with Gasteiger partial charge in [0, 0.05) is 62.0 Å². The van der Waals surface area contributed by atoms with Gasteiger partial charge in [0.25, 0.3) is 0 Å². The SMILES string of the molecule is CCO[Si](CCCNN1C(=S)NC=NC1S)(OCC)OCC.[Na]. The van der Waals surface area contributed by atoms with E-state index >= 15 is 0 Å². The number of nitrogens with one attached hydrogen (secondary N) is 2. The van der Waals surface area contributed by atoms with Crippen molar-refractivity contribution in [3.8, 4) is 0 Å². The smallest absolute Gasteiger partial charge is 0.374 e. The summed E-state index contributed by atoms with van der Waals surface area (Å²) in [6, 6.07) is 0.754. The van der Waals surface area contributed by atoms with Crippen molar-refractivity contribution < 1.29 is 13.3 Å². The van der Waals surface area contributed by atoms with Gasteiger partial charge in [-0.05, 0) is 39.4 Å². The topological polar surface area (TPSA) is 67.4 Å². The summed E-state index contributed by atoms with van der Waals surface area (Å²) in [5, 5.41) is 5.14. The number of hydrogen-bond acceptors (Lipinski definition) is 7. The zero-order chi connectivity index (χ0) is 16.4. The third-order valence-electron chi connectivity index (χ3n) is 2.88. The summed E-state index contributed by atoms with van der Waals surface area (Å²) in [5.74, 6) is 0. The van der Waals surface area contributed by atoms with Crippen LogP contribution in [-0.4, -0.2) is 86.7 Å². The zero-order valence-corrected chi connectivity index (χ0v) is 19.1. The number of nitrogens with zero attached hydrogens (tertiary/aromatic N) is 2. The third kappa shape index (κ3) is 8.12. The number of thiol groups is 1. The molecule has 0 spiro atoms. The monoisotopic (exact) mass is 389 g/mol. The van der Waals surface area contributed by atoms with Gasteiger partial charge >= 0.3 is 8.80 Å². The Hall–Kier alpha value is 0.767. The Morgan fingerprint density at radius 1 is 1.30 bits per heavy atom. The first-order chi connectivity index (χ1) is 10.6. The number of thiocarbonyl (C=S) groups is 1. The molecule has 1 unspecified atom stereocenters. The van der Waals surface area contributed by atoms with Crippen molar-refractivity contribution in [3.63, 3.8) is 0 Å². The van der Waals surface area contributed by atoms with Gasteiger partial charge in [-0.1, -0.05) is 0 Å². The van der Waals surface area contributed by atoms with Crippen molar-refractivity contribution in [3.05, 3.63) is 0 Å². The van der Waals surface area contributed by atoms with Crippen molar-refractivity contribution in [1.29, 1.82) is 0 Å². The van der Waals surface area contributed by atoms with Crippen molar-refractivity contribution in [1.82, 2.24) is 15.8 Å². The van der Waals surface area contributed by atoms with Crippen LogP contribution in [0.5, 0.6) is 0 Å². The first kappa shape index (κ1) is 23.8. The molecule has 0 aromatic rings. The van der Waals surface area contributed by atoms with E-state index < -0.39 is 8.80 Å². The van der Waals surface area contributed by atoms with Crippen LogP contribution in [-0.2, 0) is 13.3 Å². The van der Waals surface area contributed by atoms with Crippen LogP contribution in [0.1, 0.15) is 27.2 Å². The zero-order valence-electron chi connectivity index (χ0n) is 14.4. The molecule has 1 atom stereocenters. The molecule has 0 fully saturated rings. The van der Waals surface area contributed by atoms with Crippen molar-refractivity contribution in [2.24, 2.45) is 4.99 Å². The Bertz CT molecular complexity index is 365. The minimum Gasteiger partial charge on any atom is -0.374 e. The minimum absolute atomic E-state index is 0. The average molecular weight is 390 g/mol. The summed E-state index contributed by atoms with van der Waals surface area (Å²) in [7, 11) is -2.57. The standard InChI is InChI=1S/C12H26N4O3S2Si.Na/c1-4-17-22(18-5-2,19-6-3)9-7-8-15-16-11(20)13-10-14-12(16)21;/h10-11,15,20H,4-9H2,1-3H3,(H,13,14,21);. The Balaban J connectivity index is 0.00000484. The second-order valence-electron chi connectivity index (χ2n) is 4.44. The van der Waals surface area contributed by atoms with Gasteiger partial charge in [0.15, 0.2) is 10.6 Å². The van der Waals surface area contributed by atoms with Crippen LogP contribution < -0.4 is 10.7 Å². The minimum atomic E-state index is -2.57. The molecule has 0 aromatic heterocycles. The summed E-state index contributed by atoms with van der Waals surface area (Å²) in [6.07, 6.45) is 2.39.